The summed E-state index contributed by atoms with van der Waals surface area (Å²) in [4.78, 5) is 14.8. The fourth-order valence-corrected chi connectivity index (χ4v) is 11.1. The maximum Gasteiger partial charge on any atom is 0.223 e. The lowest BCUT2D eigenvalue weighted by Crippen LogP contribution is -2.54. The molecule has 6 rings (SSSR count). The zero-order chi connectivity index (χ0) is 24.6. The van der Waals surface area contributed by atoms with E-state index >= 15 is 0 Å². The van der Waals surface area contributed by atoms with Crippen LogP contribution in [0.25, 0.3) is 0 Å². The van der Waals surface area contributed by atoms with Gasteiger partial charge in [0.05, 0.1) is 10.6 Å². The fraction of sp³-hybridized carbons (Fsp3) is 0.833. The molecule has 0 radical (unpaired) electrons. The highest BCUT2D eigenvalue weighted by Gasteiger charge is 2.61. The Hall–Kier alpha value is -1.23. The number of nitrogens with one attached hydrogen (secondary N) is 1. The van der Waals surface area contributed by atoms with Crippen molar-refractivity contribution >= 4 is 17.4 Å². The van der Waals surface area contributed by atoms with Gasteiger partial charge in [-0.05, 0) is 97.4 Å². The van der Waals surface area contributed by atoms with Gasteiger partial charge in [-0.3, -0.25) is 4.79 Å². The molecule has 1 heterocycles. The molecule has 5 aliphatic rings. The third kappa shape index (κ3) is 3.53. The Morgan fingerprint density at radius 1 is 1.06 bits per heavy atom. The Kier molecular flexibility index (Phi) is 5.79. The molecule has 0 spiro atoms. The molecule has 0 saturated heterocycles. The van der Waals surface area contributed by atoms with Gasteiger partial charge in [-0.1, -0.05) is 70.0 Å². The van der Waals surface area contributed by atoms with Crippen molar-refractivity contribution in [3.63, 3.8) is 0 Å². The average molecular weight is 496 g/mol. The van der Waals surface area contributed by atoms with Gasteiger partial charge in [-0.2, -0.15) is 0 Å². The van der Waals surface area contributed by atoms with Crippen molar-refractivity contribution in [1.82, 2.24) is 14.9 Å². The smallest absolute Gasteiger partial charge is 0.223 e. The second-order valence-electron chi connectivity index (χ2n) is 13.9. The highest BCUT2D eigenvalue weighted by atomic mass is 32.1. The summed E-state index contributed by atoms with van der Waals surface area (Å²) in [6.07, 6.45) is 16.3. The Balaban J connectivity index is 1.24. The zero-order valence-corrected chi connectivity index (χ0v) is 23.3. The van der Waals surface area contributed by atoms with E-state index in [0.29, 0.717) is 23.3 Å². The number of nitrogens with zero attached hydrogens (tertiary/aromatic N) is 2. The van der Waals surface area contributed by atoms with E-state index in [-0.39, 0.29) is 16.7 Å². The van der Waals surface area contributed by atoms with Gasteiger partial charge in [0, 0.05) is 17.4 Å². The number of hydrogen-bond acceptors (Lipinski definition) is 4. The molecule has 0 aromatic carbocycles. The van der Waals surface area contributed by atoms with Crippen LogP contribution in [-0.2, 0) is 16.6 Å². The number of amides is 1. The maximum atomic E-state index is 13.4. The van der Waals surface area contributed by atoms with Crippen molar-refractivity contribution in [2.75, 3.05) is 0 Å². The lowest BCUT2D eigenvalue weighted by Gasteiger charge is -2.59. The largest absolute Gasteiger partial charge is 0.353 e. The summed E-state index contributed by atoms with van der Waals surface area (Å²) >= 11 is 1.63. The van der Waals surface area contributed by atoms with E-state index in [2.05, 4.69) is 55.6 Å². The van der Waals surface area contributed by atoms with Gasteiger partial charge in [-0.15, -0.1) is 5.10 Å². The minimum Gasteiger partial charge on any atom is -0.353 e. The number of allylic oxidation sites excluding steroid dienone is 2. The molecule has 0 bridgehead atoms. The first-order valence-electron chi connectivity index (χ1n) is 14.5. The second-order valence-corrected chi connectivity index (χ2v) is 14.7. The van der Waals surface area contributed by atoms with Crippen molar-refractivity contribution in [2.24, 2.45) is 40.4 Å². The van der Waals surface area contributed by atoms with E-state index in [1.165, 1.54) is 74.8 Å². The van der Waals surface area contributed by atoms with Crippen molar-refractivity contribution in [3.05, 3.63) is 22.2 Å². The lowest BCUT2D eigenvalue weighted by atomic mass is 9.45. The SMILES string of the molecule is C[C@H](C(=O)NC1CCCCC1)[C@H]1CC[C@H]2[C@@H]3CC=C4C(C)(C)c5nnsc5C[C@]4(C)[C@H]3CC[C@]12C. The normalized spacial score (nSPS) is 41.1. The minimum atomic E-state index is -0.00894. The van der Waals surface area contributed by atoms with Gasteiger partial charge in [0.1, 0.15) is 0 Å². The maximum absolute atomic E-state index is 13.4. The fourth-order valence-electron chi connectivity index (χ4n) is 10.2. The molecule has 5 heteroatoms. The molecule has 3 fully saturated rings. The summed E-state index contributed by atoms with van der Waals surface area (Å²) in [6, 6.07) is 0.419. The molecular formula is C30H45N3OS. The van der Waals surface area contributed by atoms with Crippen LogP contribution in [0.15, 0.2) is 11.6 Å². The van der Waals surface area contributed by atoms with Crippen molar-refractivity contribution in [3.8, 4) is 0 Å². The molecule has 1 N–H and O–H groups in total. The molecule has 1 aromatic rings. The summed E-state index contributed by atoms with van der Waals surface area (Å²) in [7, 11) is 0. The first-order valence-corrected chi connectivity index (χ1v) is 15.3. The first kappa shape index (κ1) is 24.1. The van der Waals surface area contributed by atoms with Gasteiger partial charge in [0.2, 0.25) is 5.91 Å². The molecule has 3 saturated carbocycles. The van der Waals surface area contributed by atoms with Gasteiger partial charge in [0.15, 0.2) is 0 Å². The minimum absolute atomic E-state index is 0.00894. The second kappa shape index (κ2) is 8.39. The van der Waals surface area contributed by atoms with Crippen molar-refractivity contribution in [1.29, 1.82) is 0 Å². The number of hydrogen-bond donors (Lipinski definition) is 1. The predicted octanol–water partition coefficient (Wildman–Crippen LogP) is 6.85. The molecule has 7 atom stereocenters. The Morgan fingerprint density at radius 2 is 1.83 bits per heavy atom. The number of fused-ring (bicyclic) bond motifs is 6. The standard InChI is InChI=1S/C30H45N3OS/c1-18(27(34)31-19-9-7-6-8-10-19)21-12-13-22-20-11-14-25-28(2,3)26-24(35-33-32-26)17-30(25,5)23(20)15-16-29(21,22)4/h14,18-23H,6-13,15-17H2,1-5H3,(H,31,34)/t18-,20-,21+,22-,23-,29+,30+/m0/s1. The summed E-state index contributed by atoms with van der Waals surface area (Å²) in [5, 5.41) is 8.04. The van der Waals surface area contributed by atoms with E-state index in [1.54, 1.807) is 17.1 Å². The van der Waals surface area contributed by atoms with Gasteiger partial charge < -0.3 is 5.32 Å². The third-order valence-corrected chi connectivity index (χ3v) is 12.6. The average Bonchev–Trinajstić information content (AvgIpc) is 3.43. The topological polar surface area (TPSA) is 54.9 Å². The van der Waals surface area contributed by atoms with E-state index in [4.69, 9.17) is 0 Å². The van der Waals surface area contributed by atoms with Crippen LogP contribution in [0, 0.1) is 40.4 Å². The summed E-state index contributed by atoms with van der Waals surface area (Å²) in [5.74, 6) is 3.22. The quantitative estimate of drug-likeness (QED) is 0.466. The Morgan fingerprint density at radius 3 is 2.60 bits per heavy atom. The Labute approximate surface area is 216 Å². The summed E-state index contributed by atoms with van der Waals surface area (Å²) in [5.41, 5.74) is 3.36. The molecule has 5 aliphatic carbocycles. The molecule has 192 valence electrons. The van der Waals surface area contributed by atoms with Crippen LogP contribution in [-0.4, -0.2) is 21.5 Å². The molecule has 1 amide bonds. The molecule has 0 aliphatic heterocycles. The van der Waals surface area contributed by atoms with Crippen LogP contribution in [0.1, 0.15) is 109 Å². The molecular weight excluding hydrogens is 450 g/mol. The molecule has 0 unspecified atom stereocenters. The lowest BCUT2D eigenvalue weighted by molar-refractivity contribution is -0.130. The van der Waals surface area contributed by atoms with E-state index in [1.807, 2.05) is 0 Å². The van der Waals surface area contributed by atoms with Gasteiger partial charge in [0.25, 0.3) is 0 Å². The van der Waals surface area contributed by atoms with Crippen LogP contribution >= 0.6 is 11.5 Å². The van der Waals surface area contributed by atoms with Crippen LogP contribution in [0.4, 0.5) is 0 Å². The molecule has 1 aromatic heterocycles. The molecule has 35 heavy (non-hydrogen) atoms. The van der Waals surface area contributed by atoms with Crippen LogP contribution in [0.5, 0.6) is 0 Å². The summed E-state index contributed by atoms with van der Waals surface area (Å²) in [6.45, 7) is 12.1. The molecule has 4 nitrogen and oxygen atoms in total. The van der Waals surface area contributed by atoms with E-state index < -0.39 is 0 Å². The third-order valence-electron chi connectivity index (χ3n) is 11.9. The zero-order valence-electron chi connectivity index (χ0n) is 22.5. The van der Waals surface area contributed by atoms with Crippen LogP contribution < -0.4 is 5.32 Å². The van der Waals surface area contributed by atoms with Crippen LogP contribution in [0.3, 0.4) is 0 Å². The number of carbonyl (C=O) groups excluding carboxylic acids is 1. The van der Waals surface area contributed by atoms with E-state index in [0.717, 1.165) is 24.2 Å². The first-order chi connectivity index (χ1) is 16.7. The monoisotopic (exact) mass is 495 g/mol. The van der Waals surface area contributed by atoms with Crippen LogP contribution in [0.2, 0.25) is 0 Å². The van der Waals surface area contributed by atoms with Crippen molar-refractivity contribution < 1.29 is 4.79 Å². The Bertz CT molecular complexity index is 1020. The van der Waals surface area contributed by atoms with Gasteiger partial charge in [-0.25, -0.2) is 0 Å². The van der Waals surface area contributed by atoms with Crippen molar-refractivity contribution in [2.45, 2.75) is 117 Å². The highest BCUT2D eigenvalue weighted by molar-refractivity contribution is 7.05. The summed E-state index contributed by atoms with van der Waals surface area (Å²) < 4.78 is 4.37. The van der Waals surface area contributed by atoms with E-state index in [9.17, 15) is 4.79 Å². The van der Waals surface area contributed by atoms with Gasteiger partial charge >= 0.3 is 0 Å². The number of rotatable bonds is 3. The highest BCUT2D eigenvalue weighted by Crippen LogP contribution is 2.68. The number of aromatic nitrogens is 2. The predicted molar refractivity (Wildman–Crippen MR) is 142 cm³/mol. The number of carbonyl (C=O) groups is 1.